The highest BCUT2D eigenvalue weighted by atomic mass is 19.1. The average Bonchev–Trinajstić information content (AvgIpc) is 3.08. The fraction of sp³-hybridized carbons (Fsp3) is 0.500. The lowest BCUT2D eigenvalue weighted by atomic mass is 10.2. The Morgan fingerprint density at radius 3 is 2.52 bits per heavy atom. The molecule has 1 fully saturated rings. The maximum absolute atomic E-state index is 14.3. The zero-order valence-electron chi connectivity index (χ0n) is 15.0. The standard InChI is InChI=1S/C18H25FN4O2/c1-18(2,3)25-17(24)22-11-9-21(10-12-22)16-13-14(5-6-15(16)19)23-8-4-7-20-23/h4-6,8,13,20H,7,9-12H2,1-3H3. The molecule has 1 aromatic rings. The molecule has 2 aliphatic heterocycles. The molecule has 1 amide bonds. The van der Waals surface area contributed by atoms with Crippen LogP contribution in [0.25, 0.3) is 0 Å². The molecule has 0 aromatic heterocycles. The SMILES string of the molecule is CC(C)(C)OC(=O)N1CCN(c2cc(N3C=CCN3)ccc2F)CC1. The van der Waals surface area contributed by atoms with Crippen molar-refractivity contribution in [1.29, 1.82) is 0 Å². The number of halogens is 1. The number of hydrazine groups is 1. The number of nitrogens with one attached hydrogen (secondary N) is 1. The lowest BCUT2D eigenvalue weighted by Gasteiger charge is -2.37. The Labute approximate surface area is 147 Å². The molecule has 6 nitrogen and oxygen atoms in total. The van der Waals surface area contributed by atoms with E-state index in [4.69, 9.17) is 4.74 Å². The molecule has 0 saturated carbocycles. The molecule has 7 heteroatoms. The number of amides is 1. The van der Waals surface area contributed by atoms with E-state index in [1.807, 2.05) is 49.0 Å². The number of hydrogen-bond donors (Lipinski definition) is 1. The van der Waals surface area contributed by atoms with Crippen LogP contribution in [-0.4, -0.2) is 49.3 Å². The first-order valence-corrected chi connectivity index (χ1v) is 8.55. The second kappa shape index (κ2) is 6.92. The van der Waals surface area contributed by atoms with E-state index in [0.717, 1.165) is 12.2 Å². The van der Waals surface area contributed by atoms with Crippen LogP contribution in [0.15, 0.2) is 30.5 Å². The Morgan fingerprint density at radius 2 is 1.92 bits per heavy atom. The molecular formula is C18H25FN4O2. The van der Waals surface area contributed by atoms with Gasteiger partial charge in [0.15, 0.2) is 0 Å². The minimum atomic E-state index is -0.509. The normalized spacial score (nSPS) is 18.0. The molecule has 136 valence electrons. The highest BCUT2D eigenvalue weighted by Crippen LogP contribution is 2.27. The smallest absolute Gasteiger partial charge is 0.410 e. The van der Waals surface area contributed by atoms with E-state index >= 15 is 0 Å². The third-order valence-electron chi connectivity index (χ3n) is 4.11. The summed E-state index contributed by atoms with van der Waals surface area (Å²) in [6.07, 6.45) is 3.62. The topological polar surface area (TPSA) is 48.1 Å². The zero-order valence-corrected chi connectivity index (χ0v) is 15.0. The lowest BCUT2D eigenvalue weighted by molar-refractivity contribution is 0.0240. The monoisotopic (exact) mass is 348 g/mol. The summed E-state index contributed by atoms with van der Waals surface area (Å²) in [7, 11) is 0. The third kappa shape index (κ3) is 4.22. The van der Waals surface area contributed by atoms with Crippen molar-refractivity contribution in [3.05, 3.63) is 36.3 Å². The van der Waals surface area contributed by atoms with Crippen molar-refractivity contribution in [1.82, 2.24) is 10.3 Å². The number of piperazine rings is 1. The van der Waals surface area contributed by atoms with Crippen LogP contribution in [-0.2, 0) is 4.74 Å². The van der Waals surface area contributed by atoms with Gasteiger partial charge in [0.1, 0.15) is 11.4 Å². The van der Waals surface area contributed by atoms with Crippen molar-refractivity contribution in [2.75, 3.05) is 42.6 Å². The van der Waals surface area contributed by atoms with E-state index in [0.29, 0.717) is 31.9 Å². The molecule has 0 unspecified atom stereocenters. The lowest BCUT2D eigenvalue weighted by Crippen LogP contribution is -2.50. The average molecular weight is 348 g/mol. The van der Waals surface area contributed by atoms with Crippen LogP contribution in [0.3, 0.4) is 0 Å². The maximum Gasteiger partial charge on any atom is 0.410 e. The summed E-state index contributed by atoms with van der Waals surface area (Å²) in [6, 6.07) is 5.07. The van der Waals surface area contributed by atoms with Crippen LogP contribution in [0.1, 0.15) is 20.8 Å². The molecule has 0 bridgehead atoms. The van der Waals surface area contributed by atoms with Crippen LogP contribution in [0.5, 0.6) is 0 Å². The molecule has 1 N–H and O–H groups in total. The minimum absolute atomic E-state index is 0.252. The number of carbonyl (C=O) groups is 1. The number of benzene rings is 1. The van der Waals surface area contributed by atoms with Crippen LogP contribution in [0, 0.1) is 5.82 Å². The zero-order chi connectivity index (χ0) is 18.0. The van der Waals surface area contributed by atoms with Crippen LogP contribution in [0.2, 0.25) is 0 Å². The van der Waals surface area contributed by atoms with Gasteiger partial charge < -0.3 is 14.5 Å². The molecule has 1 saturated heterocycles. The molecule has 3 rings (SSSR count). The van der Waals surface area contributed by atoms with Crippen molar-refractivity contribution in [2.24, 2.45) is 0 Å². The van der Waals surface area contributed by atoms with Crippen LogP contribution in [0.4, 0.5) is 20.6 Å². The fourth-order valence-electron chi connectivity index (χ4n) is 2.89. The molecule has 0 aliphatic carbocycles. The molecule has 0 spiro atoms. The first-order valence-electron chi connectivity index (χ1n) is 8.55. The van der Waals surface area contributed by atoms with Gasteiger partial charge in [-0.25, -0.2) is 14.6 Å². The molecular weight excluding hydrogens is 323 g/mol. The molecule has 2 aliphatic rings. The highest BCUT2D eigenvalue weighted by Gasteiger charge is 2.27. The first kappa shape index (κ1) is 17.5. The summed E-state index contributed by atoms with van der Waals surface area (Å²) < 4.78 is 19.7. The number of nitrogens with zero attached hydrogens (tertiary/aromatic N) is 3. The van der Waals surface area contributed by atoms with Gasteiger partial charge in [0.05, 0.1) is 11.4 Å². The van der Waals surface area contributed by atoms with Crippen molar-refractivity contribution in [2.45, 2.75) is 26.4 Å². The van der Waals surface area contributed by atoms with Gasteiger partial charge in [-0.05, 0) is 39.0 Å². The van der Waals surface area contributed by atoms with Crippen LogP contribution < -0.4 is 15.3 Å². The summed E-state index contributed by atoms with van der Waals surface area (Å²) in [5.74, 6) is -0.252. The summed E-state index contributed by atoms with van der Waals surface area (Å²) in [6.45, 7) is 8.49. The number of anilines is 2. The first-order chi connectivity index (χ1) is 11.8. The van der Waals surface area contributed by atoms with Gasteiger partial charge in [0, 0.05) is 38.9 Å². The summed E-state index contributed by atoms with van der Waals surface area (Å²) in [5.41, 5.74) is 4.12. The van der Waals surface area contributed by atoms with E-state index in [1.165, 1.54) is 6.07 Å². The van der Waals surface area contributed by atoms with E-state index in [9.17, 15) is 9.18 Å². The Bertz CT molecular complexity index is 664. The van der Waals surface area contributed by atoms with Gasteiger partial charge in [-0.15, -0.1) is 0 Å². The maximum atomic E-state index is 14.3. The van der Waals surface area contributed by atoms with Gasteiger partial charge in [-0.2, -0.15) is 0 Å². The van der Waals surface area contributed by atoms with Gasteiger partial charge in [-0.3, -0.25) is 5.01 Å². The number of carbonyl (C=O) groups excluding carboxylic acids is 1. The predicted molar refractivity (Wildman–Crippen MR) is 96.0 cm³/mol. The minimum Gasteiger partial charge on any atom is -0.444 e. The predicted octanol–water partition coefficient (Wildman–Crippen LogP) is 2.72. The largest absolute Gasteiger partial charge is 0.444 e. The van der Waals surface area contributed by atoms with E-state index in [1.54, 1.807) is 11.0 Å². The van der Waals surface area contributed by atoms with Crippen molar-refractivity contribution < 1.29 is 13.9 Å². The fourth-order valence-corrected chi connectivity index (χ4v) is 2.89. The summed E-state index contributed by atoms with van der Waals surface area (Å²) in [4.78, 5) is 15.8. The van der Waals surface area contributed by atoms with Gasteiger partial charge in [-0.1, -0.05) is 6.08 Å². The van der Waals surface area contributed by atoms with Crippen molar-refractivity contribution in [3.8, 4) is 0 Å². The molecule has 0 atom stereocenters. The highest BCUT2D eigenvalue weighted by molar-refractivity contribution is 5.69. The Kier molecular flexibility index (Phi) is 4.85. The third-order valence-corrected chi connectivity index (χ3v) is 4.11. The van der Waals surface area contributed by atoms with Crippen molar-refractivity contribution in [3.63, 3.8) is 0 Å². The van der Waals surface area contributed by atoms with Gasteiger partial charge in [0.25, 0.3) is 0 Å². The van der Waals surface area contributed by atoms with Gasteiger partial charge >= 0.3 is 6.09 Å². The molecule has 2 heterocycles. The number of hydrogen-bond acceptors (Lipinski definition) is 5. The summed E-state index contributed by atoms with van der Waals surface area (Å²) >= 11 is 0. The molecule has 1 aromatic carbocycles. The second-order valence-electron chi connectivity index (χ2n) is 7.21. The molecule has 25 heavy (non-hydrogen) atoms. The Balaban J connectivity index is 1.65. The molecule has 0 radical (unpaired) electrons. The van der Waals surface area contributed by atoms with Crippen molar-refractivity contribution >= 4 is 17.5 Å². The Morgan fingerprint density at radius 1 is 1.20 bits per heavy atom. The number of rotatable bonds is 2. The quantitative estimate of drug-likeness (QED) is 0.891. The van der Waals surface area contributed by atoms with Gasteiger partial charge in [0.2, 0.25) is 0 Å². The number of ether oxygens (including phenoxy) is 1. The summed E-state index contributed by atoms with van der Waals surface area (Å²) in [5, 5.41) is 1.87. The van der Waals surface area contributed by atoms with E-state index in [2.05, 4.69) is 5.43 Å². The van der Waals surface area contributed by atoms with Crippen LogP contribution >= 0.6 is 0 Å². The van der Waals surface area contributed by atoms with E-state index in [-0.39, 0.29) is 11.9 Å². The second-order valence-corrected chi connectivity index (χ2v) is 7.21. The Hall–Kier alpha value is -2.28. The van der Waals surface area contributed by atoms with E-state index < -0.39 is 5.60 Å².